The molecular formula is C10H13N2Y-. The molecule has 67 valence electrons. The topological polar surface area (TPSA) is 38.0 Å². The Morgan fingerprint density at radius 2 is 2.15 bits per heavy atom. The molecule has 1 heterocycles. The zero-order valence-electron chi connectivity index (χ0n) is 8.02. The monoisotopic (exact) mass is 250 g/mol. The second-order valence-electron chi connectivity index (χ2n) is 3.33. The Morgan fingerprint density at radius 1 is 1.46 bits per heavy atom. The number of aryl methyl sites for hydroxylation is 1. The van der Waals surface area contributed by atoms with Crippen molar-refractivity contribution in [2.24, 2.45) is 0 Å². The van der Waals surface area contributed by atoms with E-state index in [-0.39, 0.29) is 32.7 Å². The standard InChI is InChI=1S/C10H13N2.Y/c1-6-3-8-4-12-5-9(8)7(2)10(6)11;/h3,5,12H,4,11H2,1-2H3;/q-1;. The Bertz CT molecular complexity index is 334. The molecule has 13 heavy (non-hydrogen) atoms. The summed E-state index contributed by atoms with van der Waals surface area (Å²) in [7, 11) is 0. The van der Waals surface area contributed by atoms with E-state index in [0.29, 0.717) is 0 Å². The molecule has 0 saturated heterocycles. The van der Waals surface area contributed by atoms with Gasteiger partial charge in [0.25, 0.3) is 0 Å². The molecule has 1 aromatic rings. The van der Waals surface area contributed by atoms with E-state index in [4.69, 9.17) is 5.73 Å². The first-order valence-corrected chi connectivity index (χ1v) is 4.15. The summed E-state index contributed by atoms with van der Waals surface area (Å²) >= 11 is 0. The molecule has 0 aliphatic carbocycles. The minimum Gasteiger partial charge on any atom is -0.408 e. The maximum Gasteiger partial charge on any atom is 0 e. The second-order valence-corrected chi connectivity index (χ2v) is 3.33. The fourth-order valence-corrected chi connectivity index (χ4v) is 1.71. The van der Waals surface area contributed by atoms with Gasteiger partial charge in [-0.05, 0) is 19.2 Å². The third-order valence-corrected chi connectivity index (χ3v) is 2.51. The normalized spacial score (nSPS) is 13.1. The van der Waals surface area contributed by atoms with Gasteiger partial charge in [0.15, 0.2) is 0 Å². The molecule has 0 fully saturated rings. The van der Waals surface area contributed by atoms with Crippen molar-refractivity contribution >= 4 is 5.69 Å². The van der Waals surface area contributed by atoms with Gasteiger partial charge in [0.05, 0.1) is 0 Å². The van der Waals surface area contributed by atoms with Crippen molar-refractivity contribution in [1.82, 2.24) is 5.32 Å². The van der Waals surface area contributed by atoms with Crippen LogP contribution >= 0.6 is 0 Å². The van der Waals surface area contributed by atoms with Gasteiger partial charge in [-0.1, -0.05) is 12.5 Å². The fourth-order valence-electron chi connectivity index (χ4n) is 1.71. The smallest absolute Gasteiger partial charge is 0 e. The molecular weight excluding hydrogens is 237 g/mol. The number of nitrogen functional groups attached to an aromatic ring is 1. The van der Waals surface area contributed by atoms with Crippen LogP contribution in [0.5, 0.6) is 0 Å². The van der Waals surface area contributed by atoms with Crippen LogP contribution in [0, 0.1) is 20.4 Å². The molecule has 0 spiro atoms. The minimum absolute atomic E-state index is 0. The first kappa shape index (κ1) is 11.0. The molecule has 2 rings (SSSR count). The van der Waals surface area contributed by atoms with Crippen molar-refractivity contribution in [3.05, 3.63) is 34.9 Å². The first-order chi connectivity index (χ1) is 5.70. The van der Waals surface area contributed by atoms with Gasteiger partial charge in [-0.15, -0.1) is 23.7 Å². The van der Waals surface area contributed by atoms with E-state index < -0.39 is 0 Å². The largest absolute Gasteiger partial charge is 0.408 e. The Kier molecular flexibility index (Phi) is 3.39. The summed E-state index contributed by atoms with van der Waals surface area (Å²) in [6, 6.07) is 2.16. The second kappa shape index (κ2) is 3.99. The molecule has 3 heteroatoms. The van der Waals surface area contributed by atoms with Crippen LogP contribution in [0.4, 0.5) is 5.69 Å². The van der Waals surface area contributed by atoms with Crippen molar-refractivity contribution in [3.63, 3.8) is 0 Å². The average molecular weight is 250 g/mol. The van der Waals surface area contributed by atoms with E-state index in [9.17, 15) is 0 Å². The van der Waals surface area contributed by atoms with Crippen LogP contribution in [0.1, 0.15) is 22.3 Å². The fraction of sp³-hybridized carbons (Fsp3) is 0.300. The van der Waals surface area contributed by atoms with Gasteiger partial charge in [0, 0.05) is 32.7 Å². The van der Waals surface area contributed by atoms with E-state index in [1.54, 1.807) is 0 Å². The number of nitrogens with two attached hydrogens (primary N) is 1. The number of anilines is 1. The van der Waals surface area contributed by atoms with Crippen LogP contribution in [-0.2, 0) is 39.3 Å². The van der Waals surface area contributed by atoms with Crippen LogP contribution in [0.15, 0.2) is 6.07 Å². The zero-order chi connectivity index (χ0) is 8.72. The quantitative estimate of drug-likeness (QED) is 0.541. The number of hydrogen-bond acceptors (Lipinski definition) is 2. The van der Waals surface area contributed by atoms with Gasteiger partial charge >= 0.3 is 0 Å². The van der Waals surface area contributed by atoms with Crippen molar-refractivity contribution in [2.45, 2.75) is 20.4 Å². The van der Waals surface area contributed by atoms with Crippen LogP contribution in [0.2, 0.25) is 0 Å². The molecule has 1 aliphatic heterocycles. The van der Waals surface area contributed by atoms with Crippen molar-refractivity contribution < 1.29 is 32.7 Å². The van der Waals surface area contributed by atoms with Crippen LogP contribution in [0.3, 0.4) is 0 Å². The Labute approximate surface area is 104 Å². The first-order valence-electron chi connectivity index (χ1n) is 4.15. The zero-order valence-corrected chi connectivity index (χ0v) is 10.9. The average Bonchev–Trinajstić information content (AvgIpc) is 2.48. The van der Waals surface area contributed by atoms with Gasteiger partial charge in [-0.25, -0.2) is 0 Å². The van der Waals surface area contributed by atoms with Crippen molar-refractivity contribution in [1.29, 1.82) is 0 Å². The summed E-state index contributed by atoms with van der Waals surface area (Å²) in [6.45, 7) is 7.11. The van der Waals surface area contributed by atoms with Gasteiger partial charge in [-0.2, -0.15) is 5.56 Å². The van der Waals surface area contributed by atoms with Gasteiger partial charge < -0.3 is 11.1 Å². The molecule has 0 atom stereocenters. The number of hydrogen-bond donors (Lipinski definition) is 2. The van der Waals surface area contributed by atoms with Gasteiger partial charge in [-0.3, -0.25) is 0 Å². The maximum absolute atomic E-state index is 5.91. The summed E-state index contributed by atoms with van der Waals surface area (Å²) in [4.78, 5) is 0. The Hall–Kier alpha value is -0.0461. The molecule has 1 radical (unpaired) electrons. The summed E-state index contributed by atoms with van der Waals surface area (Å²) in [5, 5.41) is 3.20. The molecule has 2 nitrogen and oxygen atoms in total. The van der Waals surface area contributed by atoms with Crippen LogP contribution in [-0.4, -0.2) is 0 Å². The Morgan fingerprint density at radius 3 is 2.85 bits per heavy atom. The van der Waals surface area contributed by atoms with Gasteiger partial charge in [0.2, 0.25) is 0 Å². The van der Waals surface area contributed by atoms with E-state index in [1.807, 2.05) is 6.54 Å². The van der Waals surface area contributed by atoms with Gasteiger partial charge in [0.1, 0.15) is 0 Å². The van der Waals surface area contributed by atoms with Crippen LogP contribution in [0.25, 0.3) is 0 Å². The summed E-state index contributed by atoms with van der Waals surface area (Å²) in [6.07, 6.45) is 0. The summed E-state index contributed by atoms with van der Waals surface area (Å²) in [5.74, 6) is 0. The van der Waals surface area contributed by atoms with Crippen LogP contribution < -0.4 is 11.1 Å². The molecule has 1 aromatic carbocycles. The molecule has 0 aromatic heterocycles. The molecule has 3 N–H and O–H groups in total. The predicted molar refractivity (Wildman–Crippen MR) is 50.6 cm³/mol. The summed E-state index contributed by atoms with van der Waals surface area (Å²) in [5.41, 5.74) is 11.9. The van der Waals surface area contributed by atoms with E-state index in [0.717, 1.165) is 12.2 Å². The molecule has 1 aliphatic rings. The molecule has 0 amide bonds. The number of fused-ring (bicyclic) bond motifs is 1. The van der Waals surface area contributed by atoms with E-state index in [2.05, 4.69) is 25.2 Å². The van der Waals surface area contributed by atoms with Crippen molar-refractivity contribution in [3.8, 4) is 0 Å². The number of benzene rings is 1. The minimum atomic E-state index is 0. The summed E-state index contributed by atoms with van der Waals surface area (Å²) < 4.78 is 0. The SMILES string of the molecule is Cc1cc2c(c(C)c1N)[CH-]NC2.[Y]. The third-order valence-electron chi connectivity index (χ3n) is 2.51. The Balaban J connectivity index is 0.000000845. The van der Waals surface area contributed by atoms with E-state index >= 15 is 0 Å². The third kappa shape index (κ3) is 1.76. The molecule has 0 bridgehead atoms. The number of rotatable bonds is 0. The van der Waals surface area contributed by atoms with E-state index in [1.165, 1.54) is 22.3 Å². The van der Waals surface area contributed by atoms with Crippen molar-refractivity contribution in [2.75, 3.05) is 5.73 Å². The molecule has 0 saturated carbocycles. The maximum atomic E-state index is 5.91. The number of nitrogens with one attached hydrogen (secondary N) is 1. The predicted octanol–water partition coefficient (Wildman–Crippen LogP) is 1.50. The molecule has 0 unspecified atom stereocenters.